The molecule has 6 heterocycles. The van der Waals surface area contributed by atoms with Crippen LogP contribution >= 0.6 is 55.1 Å². The Morgan fingerprint density at radius 3 is 1.69 bits per heavy atom. The first-order chi connectivity index (χ1) is 24.0. The highest BCUT2D eigenvalue weighted by atomic mass is 79.9. The van der Waals surface area contributed by atoms with Crippen molar-refractivity contribution in [2.24, 2.45) is 0 Å². The molecule has 4 aliphatic rings. The summed E-state index contributed by atoms with van der Waals surface area (Å²) in [6.07, 6.45) is 6.19. The molecule has 0 bridgehead atoms. The first kappa shape index (κ1) is 37.6. The van der Waals surface area contributed by atoms with Gasteiger partial charge in [-0.3, -0.25) is 9.59 Å². The van der Waals surface area contributed by atoms with Crippen molar-refractivity contribution >= 4 is 78.5 Å². The molecule has 2 N–H and O–H groups in total. The molecule has 2 aromatic carbocycles. The van der Waals surface area contributed by atoms with E-state index in [9.17, 15) is 9.59 Å². The Labute approximate surface area is 327 Å². The predicted octanol–water partition coefficient (Wildman–Crippen LogP) is 8.58. The number of hydrogen-bond donors (Lipinski definition) is 2. The lowest BCUT2D eigenvalue weighted by Crippen LogP contribution is -2.48. The smallest absolute Gasteiger partial charge is 0.220 e. The third-order valence-electron chi connectivity index (χ3n) is 10.4. The number of rotatable bonds is 4. The van der Waals surface area contributed by atoms with Crippen molar-refractivity contribution in [1.82, 2.24) is 20.6 Å². The first-order valence-corrected chi connectivity index (χ1v) is 19.1. The van der Waals surface area contributed by atoms with Gasteiger partial charge >= 0.3 is 0 Å². The molecule has 12 heteroatoms. The summed E-state index contributed by atoms with van der Waals surface area (Å²) in [5.41, 5.74) is 6.64. The number of nitrogens with one attached hydrogen (secondary N) is 2. The highest BCUT2D eigenvalue weighted by molar-refractivity contribution is 9.10. The standard InChI is InChI=1S/2C19H19BrClN3O.CH4/c1-12-2-4-13(5-3-12)10-24-11-19(6-7-22-15(25)8-19)16-17(21)14(20)9-23-18(16)24;1-12-2-4-13(5-3-12)9-24-11-19(7-6-15(25)23-10-19)16-17(21)14(20)8-22-18(16)24;/h2-5,9H,6-8,10-11H2,1H3,(H,22,25);2-5,8H,6-7,9-11H2,1H3,(H,23,25);1H4. The van der Waals surface area contributed by atoms with E-state index in [0.29, 0.717) is 36.0 Å². The third-order valence-corrected chi connectivity index (χ3v) is 12.9. The molecule has 0 radical (unpaired) electrons. The topological polar surface area (TPSA) is 90.5 Å². The summed E-state index contributed by atoms with van der Waals surface area (Å²) < 4.78 is 1.59. The van der Waals surface area contributed by atoms with Gasteiger partial charge < -0.3 is 20.4 Å². The molecule has 2 spiro atoms. The summed E-state index contributed by atoms with van der Waals surface area (Å²) in [6.45, 7) is 8.61. The molecule has 8 nitrogen and oxygen atoms in total. The Balaban J connectivity index is 0.000000172. The Kier molecular flexibility index (Phi) is 11.1. The summed E-state index contributed by atoms with van der Waals surface area (Å²) in [7, 11) is 0. The van der Waals surface area contributed by atoms with Crippen LogP contribution in [0.25, 0.3) is 0 Å². The van der Waals surface area contributed by atoms with Crippen molar-refractivity contribution in [2.45, 2.75) is 70.9 Å². The quantitative estimate of drug-likeness (QED) is 0.214. The molecule has 268 valence electrons. The average molecular weight is 858 g/mol. The summed E-state index contributed by atoms with van der Waals surface area (Å²) in [5.74, 6) is 2.04. The third kappa shape index (κ3) is 7.39. The van der Waals surface area contributed by atoms with Crippen molar-refractivity contribution in [3.63, 3.8) is 0 Å². The Morgan fingerprint density at radius 1 is 0.725 bits per heavy atom. The van der Waals surface area contributed by atoms with E-state index in [2.05, 4.69) is 125 Å². The molecule has 4 aromatic rings. The van der Waals surface area contributed by atoms with E-state index in [1.807, 2.05) is 0 Å². The minimum atomic E-state index is -0.254. The number of carbonyl (C=O) groups excluding carboxylic acids is 2. The van der Waals surface area contributed by atoms with E-state index in [1.165, 1.54) is 22.3 Å². The fourth-order valence-corrected chi connectivity index (χ4v) is 9.12. The number of anilines is 2. The van der Waals surface area contributed by atoms with Gasteiger partial charge in [-0.05, 0) is 69.7 Å². The largest absolute Gasteiger partial charge is 0.356 e. The van der Waals surface area contributed by atoms with E-state index < -0.39 is 0 Å². The molecule has 8 rings (SSSR count). The summed E-state index contributed by atoms with van der Waals surface area (Å²) >= 11 is 20.3. The number of halogens is 4. The minimum Gasteiger partial charge on any atom is -0.356 e. The number of aromatic nitrogens is 2. The maximum atomic E-state index is 12.1. The molecule has 2 fully saturated rings. The van der Waals surface area contributed by atoms with Gasteiger partial charge in [-0.15, -0.1) is 0 Å². The number of nitrogens with zero attached hydrogens (tertiary/aromatic N) is 4. The second kappa shape index (κ2) is 15.0. The number of aryl methyl sites for hydroxylation is 2. The highest BCUT2D eigenvalue weighted by Gasteiger charge is 2.49. The highest BCUT2D eigenvalue weighted by Crippen LogP contribution is 2.51. The van der Waals surface area contributed by atoms with Crippen LogP contribution in [0.5, 0.6) is 0 Å². The number of fused-ring (bicyclic) bond motifs is 4. The Bertz CT molecular complexity index is 1950. The van der Waals surface area contributed by atoms with Gasteiger partial charge in [0, 0.05) is 86.5 Å². The van der Waals surface area contributed by atoms with Crippen LogP contribution in [0.3, 0.4) is 0 Å². The van der Waals surface area contributed by atoms with Gasteiger partial charge in [0.25, 0.3) is 0 Å². The number of piperidine rings is 2. The maximum absolute atomic E-state index is 12.1. The maximum Gasteiger partial charge on any atom is 0.220 e. The van der Waals surface area contributed by atoms with Crippen LogP contribution in [0.2, 0.25) is 10.0 Å². The predicted molar refractivity (Wildman–Crippen MR) is 213 cm³/mol. The van der Waals surface area contributed by atoms with Gasteiger partial charge in [0.05, 0.1) is 19.0 Å². The Hall–Kier alpha value is -3.18. The molecule has 2 unspecified atom stereocenters. The lowest BCUT2D eigenvalue weighted by Gasteiger charge is -2.34. The van der Waals surface area contributed by atoms with Crippen molar-refractivity contribution < 1.29 is 9.59 Å². The minimum absolute atomic E-state index is 0. The molecule has 2 aromatic heterocycles. The van der Waals surface area contributed by atoms with Gasteiger partial charge in [0.1, 0.15) is 11.6 Å². The number of hydrogen-bond acceptors (Lipinski definition) is 6. The van der Waals surface area contributed by atoms with Crippen LogP contribution in [0.1, 0.15) is 66.5 Å². The molecule has 4 aliphatic heterocycles. The second-order valence-corrected chi connectivity index (χ2v) is 16.5. The summed E-state index contributed by atoms with van der Waals surface area (Å²) in [4.78, 5) is 37.7. The molecule has 2 amide bonds. The molecule has 2 atom stereocenters. The van der Waals surface area contributed by atoms with Crippen LogP contribution in [-0.4, -0.2) is 48.0 Å². The van der Waals surface area contributed by atoms with Crippen molar-refractivity contribution in [1.29, 1.82) is 0 Å². The van der Waals surface area contributed by atoms with E-state index in [1.54, 1.807) is 12.4 Å². The summed E-state index contributed by atoms with van der Waals surface area (Å²) in [5, 5.41) is 7.36. The lowest BCUT2D eigenvalue weighted by atomic mass is 9.75. The fraction of sp³-hybridized carbons (Fsp3) is 0.385. The van der Waals surface area contributed by atoms with Gasteiger partial charge in [-0.1, -0.05) is 90.3 Å². The van der Waals surface area contributed by atoms with Crippen LogP contribution in [-0.2, 0) is 33.5 Å². The normalized spacial score (nSPS) is 21.8. The fourth-order valence-electron chi connectivity index (χ4n) is 7.85. The van der Waals surface area contributed by atoms with Gasteiger partial charge in [-0.2, -0.15) is 0 Å². The molecular formula is C39H42Br2Cl2N6O2. The lowest BCUT2D eigenvalue weighted by molar-refractivity contribution is -0.124. The van der Waals surface area contributed by atoms with Crippen molar-refractivity contribution in [3.8, 4) is 0 Å². The zero-order valence-electron chi connectivity index (χ0n) is 28.0. The molecule has 0 aliphatic carbocycles. The number of amides is 2. The monoisotopic (exact) mass is 854 g/mol. The van der Waals surface area contributed by atoms with Crippen molar-refractivity contribution in [2.75, 3.05) is 36.0 Å². The zero-order chi connectivity index (χ0) is 35.2. The number of carbonyl (C=O) groups is 2. The van der Waals surface area contributed by atoms with E-state index in [-0.39, 0.29) is 30.1 Å². The van der Waals surface area contributed by atoms with E-state index in [4.69, 9.17) is 23.2 Å². The van der Waals surface area contributed by atoms with Crippen LogP contribution < -0.4 is 20.4 Å². The van der Waals surface area contributed by atoms with Crippen molar-refractivity contribution in [3.05, 3.63) is 113 Å². The second-order valence-electron chi connectivity index (χ2n) is 14.0. The van der Waals surface area contributed by atoms with Crippen LogP contribution in [0.15, 0.2) is 69.9 Å². The van der Waals surface area contributed by atoms with Gasteiger partial charge in [0.15, 0.2) is 0 Å². The molecular weight excluding hydrogens is 815 g/mol. The molecule has 51 heavy (non-hydrogen) atoms. The number of pyridine rings is 2. The van der Waals surface area contributed by atoms with Gasteiger partial charge in [-0.25, -0.2) is 9.97 Å². The van der Waals surface area contributed by atoms with E-state index >= 15 is 0 Å². The van der Waals surface area contributed by atoms with Crippen LogP contribution in [0.4, 0.5) is 11.6 Å². The SMILES string of the molecule is C.Cc1ccc(CN2CC3(CCC(=O)NC3)c3c2ncc(Br)c3Cl)cc1.Cc1ccc(CN2CC3(CCNC(=O)C3)c3c2ncc(Br)c3Cl)cc1. The summed E-state index contributed by atoms with van der Waals surface area (Å²) in [6, 6.07) is 17.1. The van der Waals surface area contributed by atoms with E-state index in [0.717, 1.165) is 70.7 Å². The number of benzene rings is 2. The molecule has 2 saturated heterocycles. The van der Waals surface area contributed by atoms with Gasteiger partial charge in [0.2, 0.25) is 11.8 Å². The first-order valence-electron chi connectivity index (χ1n) is 16.8. The average Bonchev–Trinajstić information content (AvgIpc) is 3.56. The van der Waals surface area contributed by atoms with Crippen LogP contribution in [0, 0.1) is 13.8 Å². The zero-order valence-corrected chi connectivity index (χ0v) is 32.6. The molecule has 0 saturated carbocycles. The Morgan fingerprint density at radius 2 is 1.22 bits per heavy atom.